The molecule has 6 aromatic carbocycles. The summed E-state index contributed by atoms with van der Waals surface area (Å²) in [5, 5.41) is 5.47. The van der Waals surface area contributed by atoms with E-state index < -0.39 is 0 Å². The van der Waals surface area contributed by atoms with Crippen LogP contribution >= 0.6 is 24.8 Å². The van der Waals surface area contributed by atoms with E-state index in [0.29, 0.717) is 5.92 Å². The second kappa shape index (κ2) is 18.9. The van der Waals surface area contributed by atoms with E-state index in [9.17, 15) is 0 Å². The molecule has 0 aliphatic rings. The quantitative estimate of drug-likeness (QED) is 0.125. The Kier molecular flexibility index (Phi) is 18.0. The van der Waals surface area contributed by atoms with Gasteiger partial charge in [-0.2, -0.15) is 12.1 Å². The summed E-state index contributed by atoms with van der Waals surface area (Å²) in [5.41, 5.74) is 12.3. The Hall–Kier alpha value is -2.22. The van der Waals surface area contributed by atoms with Crippen LogP contribution in [0.2, 0.25) is 0 Å². The molecule has 0 aliphatic heterocycles. The van der Waals surface area contributed by atoms with Crippen molar-refractivity contribution < 1.29 is 23.3 Å². The Balaban J connectivity index is 0.000000774. The monoisotopic (exact) mass is 742 g/mol. The summed E-state index contributed by atoms with van der Waals surface area (Å²) in [5.74, 6) is 0.582. The van der Waals surface area contributed by atoms with Crippen LogP contribution < -0.4 is 0 Å². The van der Waals surface area contributed by atoms with Gasteiger partial charge < -0.3 is 14.9 Å². The molecule has 0 unspecified atom stereocenters. The first-order valence-electron chi connectivity index (χ1n) is 14.8. The minimum atomic E-state index is 0. The topological polar surface area (TPSA) is 0 Å². The molecule has 0 saturated carbocycles. The molecule has 0 bridgehead atoms. The second-order valence-electron chi connectivity index (χ2n) is 12.7. The average Bonchev–Trinajstić information content (AvgIpc) is 3.59. The SMILES string of the molecule is Cc1cc2c(-c3ccc(C(C)(C)C)cc3)ccc(C)c2[cH-]1.Cc1ccc(-c2cccc3[cH-]c(C(C)C)cc23)cc1.Cl.Cl.[CH3-].[CH3-].[Si]=[Zr]. The fraction of sp³-hybridized carbons (Fsp3) is 0.238. The van der Waals surface area contributed by atoms with Crippen LogP contribution in [0.1, 0.15) is 68.4 Å². The van der Waals surface area contributed by atoms with Gasteiger partial charge in [-0.1, -0.05) is 126 Å². The molecule has 0 fully saturated rings. The number of halogens is 2. The van der Waals surface area contributed by atoms with Gasteiger partial charge in [0.2, 0.25) is 0 Å². The Morgan fingerprint density at radius 1 is 0.652 bits per heavy atom. The van der Waals surface area contributed by atoms with Gasteiger partial charge in [0, 0.05) is 0 Å². The molecule has 46 heavy (non-hydrogen) atoms. The van der Waals surface area contributed by atoms with Crippen LogP contribution in [0.25, 0.3) is 43.8 Å². The molecule has 6 rings (SSSR count). The molecule has 6 aromatic rings. The van der Waals surface area contributed by atoms with E-state index in [1.807, 2.05) is 0 Å². The first kappa shape index (κ1) is 43.8. The van der Waals surface area contributed by atoms with Gasteiger partial charge >= 0.3 is 30.2 Å². The van der Waals surface area contributed by atoms with Crippen LogP contribution in [-0.2, 0) is 28.8 Å². The van der Waals surface area contributed by atoms with Crippen molar-refractivity contribution in [1.29, 1.82) is 0 Å². The first-order chi connectivity index (χ1) is 20.0. The number of benzene rings is 4. The van der Waals surface area contributed by atoms with Crippen molar-refractivity contribution in [3.05, 3.63) is 146 Å². The van der Waals surface area contributed by atoms with Crippen LogP contribution in [0.3, 0.4) is 0 Å². The van der Waals surface area contributed by atoms with Gasteiger partial charge in [-0.3, -0.25) is 0 Å². The summed E-state index contributed by atoms with van der Waals surface area (Å²) in [6.07, 6.45) is 0. The van der Waals surface area contributed by atoms with Crippen LogP contribution in [0.4, 0.5) is 0 Å². The Bertz CT molecular complexity index is 1780. The normalized spacial score (nSPS) is 10.3. The maximum atomic E-state index is 3.06. The van der Waals surface area contributed by atoms with Crippen LogP contribution in [0.15, 0.2) is 103 Å². The van der Waals surface area contributed by atoms with Gasteiger partial charge in [-0.15, -0.1) is 93.4 Å². The number of fused-ring (bicyclic) bond motifs is 2. The Labute approximate surface area is 309 Å². The molecule has 0 N–H and O–H groups in total. The molecule has 0 aromatic heterocycles. The van der Waals surface area contributed by atoms with E-state index in [4.69, 9.17) is 0 Å². The fourth-order valence-corrected chi connectivity index (χ4v) is 5.57. The zero-order valence-corrected chi connectivity index (χ0v) is 34.3. The molecule has 0 amide bonds. The summed E-state index contributed by atoms with van der Waals surface area (Å²) in [7, 11) is 0. The van der Waals surface area contributed by atoms with Crippen molar-refractivity contribution in [3.8, 4) is 22.3 Å². The molecular formula is C42H50Cl2SiZr-4. The van der Waals surface area contributed by atoms with E-state index >= 15 is 0 Å². The molecule has 0 nitrogen and oxygen atoms in total. The molecule has 2 radical (unpaired) electrons. The predicted molar refractivity (Wildman–Crippen MR) is 210 cm³/mol. The van der Waals surface area contributed by atoms with Gasteiger partial charge in [-0.25, -0.2) is 0 Å². The minimum absolute atomic E-state index is 0. The molecule has 244 valence electrons. The van der Waals surface area contributed by atoms with Gasteiger partial charge in [0.05, 0.1) is 0 Å². The Morgan fingerprint density at radius 2 is 1.20 bits per heavy atom. The second-order valence-corrected chi connectivity index (χ2v) is 12.7. The molecular weight excluding hydrogens is 695 g/mol. The number of aryl methyl sites for hydroxylation is 3. The average molecular weight is 745 g/mol. The molecule has 0 atom stereocenters. The standard InChI is InChI=1S/C21H23.C19H19.2CH3.2ClH.Si.Zr/c1-14-12-19-15(2)6-11-18(20(19)13-14)16-7-9-17(10-8-16)21(3,4)5;1-13(2)17-11-16-5-4-6-18(19(16)12-17)15-9-7-14(3)8-10-15;;;;;;/h6-13H,1-5H3;4-13H,1-3H3;2*1H3;2*1H;;/q4*-1;;;;. The van der Waals surface area contributed by atoms with Gasteiger partial charge in [0.1, 0.15) is 0 Å². The third-order valence-electron chi connectivity index (χ3n) is 8.11. The van der Waals surface area contributed by atoms with E-state index in [-0.39, 0.29) is 45.1 Å². The van der Waals surface area contributed by atoms with E-state index in [1.165, 1.54) is 95.0 Å². The van der Waals surface area contributed by atoms with Gasteiger partial charge in [0.25, 0.3) is 0 Å². The fourth-order valence-electron chi connectivity index (χ4n) is 5.57. The number of hydrogen-bond donors (Lipinski definition) is 0. The summed E-state index contributed by atoms with van der Waals surface area (Å²) < 4.78 is 0. The van der Waals surface area contributed by atoms with Gasteiger partial charge in [0.15, 0.2) is 0 Å². The zero-order chi connectivity index (χ0) is 30.6. The molecule has 4 heteroatoms. The Morgan fingerprint density at radius 3 is 1.74 bits per heavy atom. The van der Waals surface area contributed by atoms with Crippen LogP contribution in [-0.4, -0.2) is 6.88 Å². The van der Waals surface area contributed by atoms with E-state index in [1.54, 1.807) is 0 Å². The summed E-state index contributed by atoms with van der Waals surface area (Å²) >= 11 is 1.36. The van der Waals surface area contributed by atoms with Crippen LogP contribution in [0, 0.1) is 35.6 Å². The zero-order valence-electron chi connectivity index (χ0n) is 29.2. The molecule has 0 spiro atoms. The molecule has 0 saturated heterocycles. The van der Waals surface area contributed by atoms with Crippen molar-refractivity contribution in [2.75, 3.05) is 0 Å². The van der Waals surface area contributed by atoms with Crippen LogP contribution in [0.5, 0.6) is 0 Å². The predicted octanol–water partition coefficient (Wildman–Crippen LogP) is 13.2. The summed E-state index contributed by atoms with van der Waals surface area (Å²) in [6, 6.07) is 38.1. The number of rotatable bonds is 3. The van der Waals surface area contributed by atoms with Crippen molar-refractivity contribution in [1.82, 2.24) is 0 Å². The first-order valence-corrected chi connectivity index (χ1v) is 19.0. The van der Waals surface area contributed by atoms with Gasteiger partial charge in [-0.05, 0) is 34.9 Å². The van der Waals surface area contributed by atoms with Crippen molar-refractivity contribution in [2.45, 2.75) is 66.7 Å². The van der Waals surface area contributed by atoms with E-state index in [2.05, 4.69) is 165 Å². The van der Waals surface area contributed by atoms with Crippen molar-refractivity contribution >= 4 is 53.2 Å². The molecule has 0 aliphatic carbocycles. The summed E-state index contributed by atoms with van der Waals surface area (Å²) in [4.78, 5) is 0. The van der Waals surface area contributed by atoms with Crippen molar-refractivity contribution in [2.24, 2.45) is 0 Å². The number of hydrogen-bond acceptors (Lipinski definition) is 0. The summed E-state index contributed by atoms with van der Waals surface area (Å²) in [6.45, 7) is 20.8. The van der Waals surface area contributed by atoms with Crippen molar-refractivity contribution in [3.63, 3.8) is 0 Å². The third-order valence-corrected chi connectivity index (χ3v) is 8.11. The maximum absolute atomic E-state index is 3.06. The van der Waals surface area contributed by atoms with E-state index in [0.717, 1.165) is 0 Å². The third kappa shape index (κ3) is 10.1. The molecule has 0 heterocycles.